The Hall–Kier alpha value is -1.66. The minimum absolute atomic E-state index is 0.105. The summed E-state index contributed by atoms with van der Waals surface area (Å²) in [5, 5.41) is 5.51. The molecule has 3 heterocycles. The minimum atomic E-state index is -0.105. The van der Waals surface area contributed by atoms with Crippen LogP contribution in [0.1, 0.15) is 30.3 Å². The summed E-state index contributed by atoms with van der Waals surface area (Å²) in [5.74, 6) is 0.596. The fourth-order valence-corrected chi connectivity index (χ4v) is 3.50. The number of furan rings is 1. The van der Waals surface area contributed by atoms with Crippen LogP contribution in [0.25, 0.3) is 10.8 Å². The number of nitrogens with zero attached hydrogens (tertiary/aromatic N) is 2. The molecule has 6 heteroatoms. The zero-order chi connectivity index (χ0) is 14.7. The molecule has 1 saturated heterocycles. The number of likely N-dealkylation sites (N-methyl/N-ethyl adjacent to an activating group) is 1. The standard InChI is InChI=1S/C15H19N3O2S/c1-2-18-7-3-5-11(18)9-16-14(19)12-10-21-15(17-12)13-6-4-8-20-13/h4,6,8,10-11H,2-3,5,7,9H2,1H3,(H,16,19). The first-order valence-corrected chi connectivity index (χ1v) is 8.17. The van der Waals surface area contributed by atoms with E-state index in [1.165, 1.54) is 17.8 Å². The second kappa shape index (κ2) is 6.41. The molecule has 1 unspecified atom stereocenters. The predicted molar refractivity (Wildman–Crippen MR) is 82.4 cm³/mol. The van der Waals surface area contributed by atoms with Gasteiger partial charge in [0.25, 0.3) is 5.91 Å². The number of amides is 1. The molecule has 2 aromatic heterocycles. The van der Waals surface area contributed by atoms with Gasteiger partial charge in [-0.25, -0.2) is 4.98 Å². The monoisotopic (exact) mass is 305 g/mol. The number of hydrogen-bond donors (Lipinski definition) is 1. The van der Waals surface area contributed by atoms with Gasteiger partial charge < -0.3 is 9.73 Å². The van der Waals surface area contributed by atoms with Crippen molar-refractivity contribution in [1.29, 1.82) is 0 Å². The molecule has 0 aliphatic carbocycles. The lowest BCUT2D eigenvalue weighted by Gasteiger charge is -2.22. The second-order valence-electron chi connectivity index (χ2n) is 5.15. The molecule has 0 radical (unpaired) electrons. The van der Waals surface area contributed by atoms with E-state index in [1.54, 1.807) is 11.6 Å². The maximum Gasteiger partial charge on any atom is 0.270 e. The summed E-state index contributed by atoms with van der Waals surface area (Å²) >= 11 is 1.42. The molecule has 1 atom stereocenters. The van der Waals surface area contributed by atoms with Crippen LogP contribution >= 0.6 is 11.3 Å². The number of hydrogen-bond acceptors (Lipinski definition) is 5. The number of carbonyl (C=O) groups excluding carboxylic acids is 1. The summed E-state index contributed by atoms with van der Waals surface area (Å²) in [6.45, 7) is 5.03. The van der Waals surface area contributed by atoms with Gasteiger partial charge in [0.2, 0.25) is 0 Å². The van der Waals surface area contributed by atoms with Gasteiger partial charge in [-0.15, -0.1) is 11.3 Å². The van der Waals surface area contributed by atoms with Gasteiger partial charge in [-0.3, -0.25) is 9.69 Å². The van der Waals surface area contributed by atoms with Crippen molar-refractivity contribution in [2.45, 2.75) is 25.8 Å². The Balaban J connectivity index is 1.58. The second-order valence-corrected chi connectivity index (χ2v) is 6.01. The van der Waals surface area contributed by atoms with E-state index in [4.69, 9.17) is 4.42 Å². The highest BCUT2D eigenvalue weighted by Crippen LogP contribution is 2.24. The topological polar surface area (TPSA) is 58.4 Å². The van der Waals surface area contributed by atoms with Gasteiger partial charge in [0.05, 0.1) is 6.26 Å². The first-order chi connectivity index (χ1) is 10.3. The lowest BCUT2D eigenvalue weighted by atomic mass is 10.2. The van der Waals surface area contributed by atoms with Gasteiger partial charge in [0, 0.05) is 18.0 Å². The van der Waals surface area contributed by atoms with Crippen LogP contribution in [0.5, 0.6) is 0 Å². The number of nitrogens with one attached hydrogen (secondary N) is 1. The summed E-state index contributed by atoms with van der Waals surface area (Å²) in [6, 6.07) is 4.12. The van der Waals surface area contributed by atoms with E-state index in [0.717, 1.165) is 24.5 Å². The van der Waals surface area contributed by atoms with E-state index in [0.29, 0.717) is 24.0 Å². The van der Waals surface area contributed by atoms with Crippen molar-refractivity contribution in [3.05, 3.63) is 29.5 Å². The van der Waals surface area contributed by atoms with E-state index >= 15 is 0 Å². The summed E-state index contributed by atoms with van der Waals surface area (Å²) in [7, 11) is 0. The molecule has 1 amide bonds. The molecule has 5 nitrogen and oxygen atoms in total. The highest BCUT2D eigenvalue weighted by atomic mass is 32.1. The van der Waals surface area contributed by atoms with Crippen LogP contribution < -0.4 is 5.32 Å². The van der Waals surface area contributed by atoms with Crippen LogP contribution in [0.3, 0.4) is 0 Å². The summed E-state index contributed by atoms with van der Waals surface area (Å²) < 4.78 is 5.29. The number of aromatic nitrogens is 1. The first kappa shape index (κ1) is 14.3. The van der Waals surface area contributed by atoms with Crippen molar-refractivity contribution in [1.82, 2.24) is 15.2 Å². The van der Waals surface area contributed by atoms with E-state index in [1.807, 2.05) is 12.1 Å². The molecule has 0 bridgehead atoms. The minimum Gasteiger partial charge on any atom is -0.462 e. The molecular weight excluding hydrogens is 286 g/mol. The smallest absolute Gasteiger partial charge is 0.270 e. The number of likely N-dealkylation sites (tertiary alicyclic amines) is 1. The molecule has 3 rings (SSSR count). The number of rotatable bonds is 5. The molecule has 112 valence electrons. The fourth-order valence-electron chi connectivity index (χ4n) is 2.74. The molecule has 0 aromatic carbocycles. The van der Waals surface area contributed by atoms with Crippen molar-refractivity contribution in [2.24, 2.45) is 0 Å². The maximum atomic E-state index is 12.2. The van der Waals surface area contributed by atoms with Gasteiger partial charge in [-0.05, 0) is 38.1 Å². The third kappa shape index (κ3) is 3.16. The third-order valence-electron chi connectivity index (χ3n) is 3.87. The van der Waals surface area contributed by atoms with Gasteiger partial charge in [-0.1, -0.05) is 6.92 Å². The van der Waals surface area contributed by atoms with Gasteiger partial charge in [0.1, 0.15) is 5.69 Å². The van der Waals surface area contributed by atoms with Crippen LogP contribution in [0, 0.1) is 0 Å². The van der Waals surface area contributed by atoms with Gasteiger partial charge in [0.15, 0.2) is 10.8 Å². The van der Waals surface area contributed by atoms with Crippen molar-refractivity contribution < 1.29 is 9.21 Å². The lowest BCUT2D eigenvalue weighted by molar-refractivity contribution is 0.0937. The number of thiazole rings is 1. The largest absolute Gasteiger partial charge is 0.462 e. The number of carbonyl (C=O) groups is 1. The van der Waals surface area contributed by atoms with Crippen LogP contribution in [-0.2, 0) is 0 Å². The van der Waals surface area contributed by atoms with Crippen LogP contribution in [0.15, 0.2) is 28.2 Å². The first-order valence-electron chi connectivity index (χ1n) is 7.29. The third-order valence-corrected chi connectivity index (χ3v) is 4.73. The Morgan fingerprint density at radius 1 is 1.62 bits per heavy atom. The molecule has 1 aliphatic heterocycles. The van der Waals surface area contributed by atoms with Crippen LogP contribution in [0.4, 0.5) is 0 Å². The molecule has 1 aliphatic rings. The Bertz CT molecular complexity index is 594. The van der Waals surface area contributed by atoms with E-state index < -0.39 is 0 Å². The Kier molecular flexibility index (Phi) is 4.36. The van der Waals surface area contributed by atoms with Crippen LogP contribution in [0.2, 0.25) is 0 Å². The van der Waals surface area contributed by atoms with Gasteiger partial charge in [-0.2, -0.15) is 0 Å². The zero-order valence-electron chi connectivity index (χ0n) is 12.0. The molecular formula is C15H19N3O2S. The summed E-state index contributed by atoms with van der Waals surface area (Å²) in [6.07, 6.45) is 3.98. The van der Waals surface area contributed by atoms with Crippen molar-refractivity contribution in [2.75, 3.05) is 19.6 Å². The van der Waals surface area contributed by atoms with E-state index in [9.17, 15) is 4.79 Å². The Morgan fingerprint density at radius 3 is 3.29 bits per heavy atom. The SMILES string of the molecule is CCN1CCCC1CNC(=O)c1csc(-c2ccco2)n1. The average Bonchev–Trinajstić information content (AvgIpc) is 3.24. The Labute approximate surface area is 128 Å². The van der Waals surface area contributed by atoms with Crippen molar-refractivity contribution in [3.8, 4) is 10.8 Å². The molecule has 1 fully saturated rings. The predicted octanol–water partition coefficient (Wildman–Crippen LogP) is 2.62. The van der Waals surface area contributed by atoms with Crippen molar-refractivity contribution >= 4 is 17.2 Å². The lowest BCUT2D eigenvalue weighted by Crippen LogP contribution is -2.40. The Morgan fingerprint density at radius 2 is 2.52 bits per heavy atom. The van der Waals surface area contributed by atoms with Crippen LogP contribution in [-0.4, -0.2) is 41.5 Å². The molecule has 21 heavy (non-hydrogen) atoms. The average molecular weight is 305 g/mol. The normalized spacial score (nSPS) is 19.0. The zero-order valence-corrected chi connectivity index (χ0v) is 12.9. The fraction of sp³-hybridized carbons (Fsp3) is 0.467. The maximum absolute atomic E-state index is 12.2. The quantitative estimate of drug-likeness (QED) is 0.922. The molecule has 0 saturated carbocycles. The van der Waals surface area contributed by atoms with Crippen molar-refractivity contribution in [3.63, 3.8) is 0 Å². The van der Waals surface area contributed by atoms with Gasteiger partial charge >= 0.3 is 0 Å². The van der Waals surface area contributed by atoms with E-state index in [-0.39, 0.29) is 5.91 Å². The summed E-state index contributed by atoms with van der Waals surface area (Å²) in [4.78, 5) is 18.9. The summed E-state index contributed by atoms with van der Waals surface area (Å²) in [5.41, 5.74) is 0.465. The highest BCUT2D eigenvalue weighted by molar-refractivity contribution is 7.13. The van der Waals surface area contributed by atoms with E-state index in [2.05, 4.69) is 22.1 Å². The molecule has 1 N–H and O–H groups in total. The molecule has 0 spiro atoms. The molecule has 2 aromatic rings. The highest BCUT2D eigenvalue weighted by Gasteiger charge is 2.23.